The number of carbonyl (C=O) groups excluding carboxylic acids is 1. The second kappa shape index (κ2) is 13.9. The molecule has 4 aromatic heterocycles. The summed E-state index contributed by atoms with van der Waals surface area (Å²) >= 11 is 1.38. The molecule has 0 spiro atoms. The van der Waals surface area contributed by atoms with E-state index in [1.54, 1.807) is 24.0 Å². The number of phosphoric ester groups is 1. The first-order valence-corrected chi connectivity index (χ1v) is 13.5. The van der Waals surface area contributed by atoms with Gasteiger partial charge < -0.3 is 39.1 Å². The van der Waals surface area contributed by atoms with Gasteiger partial charge in [0.05, 0.1) is 31.3 Å². The zero-order valence-corrected chi connectivity index (χ0v) is 24.5. The smallest absolute Gasteiger partial charge is 0.790 e. The van der Waals surface area contributed by atoms with Crippen LogP contribution >= 0.6 is 19.2 Å². The van der Waals surface area contributed by atoms with Gasteiger partial charge in [-0.3, -0.25) is 14.5 Å². The summed E-state index contributed by atoms with van der Waals surface area (Å²) in [5, 5.41) is 17.7. The summed E-state index contributed by atoms with van der Waals surface area (Å²) in [5.74, 6) is -0.299. The van der Waals surface area contributed by atoms with Crippen molar-refractivity contribution in [2.75, 3.05) is 19.0 Å². The third-order valence-electron chi connectivity index (χ3n) is 5.40. The minimum atomic E-state index is -4.65. The molecule has 1 fully saturated rings. The van der Waals surface area contributed by atoms with Gasteiger partial charge in [0.25, 0.3) is 5.91 Å². The Hall–Kier alpha value is -2.00. The van der Waals surface area contributed by atoms with E-state index < -0.39 is 7.82 Å². The number of aromatic nitrogens is 6. The monoisotopic (exact) mass is 584 g/mol. The van der Waals surface area contributed by atoms with Crippen LogP contribution in [0.4, 0.5) is 5.69 Å². The molecule has 1 aliphatic rings. The van der Waals surface area contributed by atoms with E-state index in [0.29, 0.717) is 34.4 Å². The van der Waals surface area contributed by atoms with Crippen molar-refractivity contribution in [2.24, 2.45) is 0 Å². The fraction of sp³-hybridized carbons (Fsp3) is 0.318. The molecule has 0 unspecified atom stereocenters. The standard InChI is InChI=1S/C21H21N7O2S.CH5O4P.Ca/c1-2-30-15-7-14(8-15)28-11-17(19(27-28)16-5-3-4-6-22-16)25-20(29)18-12-31-21(26-18)13-9-23-24-10-13;1-5-6(2,3)4;/h3-6,9-12,14-15H,2,7-8H2,1H3,(H2,23,24,25,26,29);1H3,(H2,2,3,4);/q;;+2/p-3. The second-order valence-corrected chi connectivity index (χ2v) is 9.97. The minimum Gasteiger partial charge on any atom is -0.790 e. The van der Waals surface area contributed by atoms with Crippen molar-refractivity contribution in [1.82, 2.24) is 29.9 Å². The Morgan fingerprint density at radius 2 is 2.11 bits per heavy atom. The van der Waals surface area contributed by atoms with E-state index >= 15 is 0 Å². The average molecular weight is 585 g/mol. The van der Waals surface area contributed by atoms with Crippen LogP contribution in [-0.4, -0.2) is 88.3 Å². The second-order valence-electron chi connectivity index (χ2n) is 7.86. The predicted molar refractivity (Wildman–Crippen MR) is 136 cm³/mol. The van der Waals surface area contributed by atoms with Gasteiger partial charge in [-0.15, -0.1) is 17.5 Å². The largest absolute Gasteiger partial charge is 2.00 e. The van der Waals surface area contributed by atoms with Crippen molar-refractivity contribution in [3.8, 4) is 22.0 Å². The Labute approximate surface area is 252 Å². The van der Waals surface area contributed by atoms with Gasteiger partial charge in [0.2, 0.25) is 0 Å². The molecule has 0 bridgehead atoms. The molecule has 5 rings (SSSR count). The fourth-order valence-electron chi connectivity index (χ4n) is 3.52. The van der Waals surface area contributed by atoms with Gasteiger partial charge in [0.15, 0.2) is 0 Å². The van der Waals surface area contributed by atoms with E-state index in [0.717, 1.165) is 25.5 Å². The molecule has 38 heavy (non-hydrogen) atoms. The molecule has 1 N–H and O–H groups in total. The summed E-state index contributed by atoms with van der Waals surface area (Å²) in [4.78, 5) is 40.2. The molecule has 0 radical (unpaired) electrons. The quantitative estimate of drug-likeness (QED) is 0.234. The molecule has 0 atom stereocenters. The maximum Gasteiger partial charge on any atom is 2.00 e. The first-order chi connectivity index (χ1) is 17.8. The SMILES string of the molecule is CCOC1CC(n2cc(NC(=O)c3csc(-c4cn[n-]c4)n3)c(-c3ccccn3)n2)C1.COP(=O)([O-])[O-].[Ca+2]. The third-order valence-corrected chi connectivity index (χ3v) is 6.74. The average Bonchev–Trinajstić information content (AvgIpc) is 3.62. The Morgan fingerprint density at radius 1 is 1.34 bits per heavy atom. The topological polar surface area (TPSA) is 181 Å². The summed E-state index contributed by atoms with van der Waals surface area (Å²) in [5.41, 5.74) is 3.06. The molecular formula is C22H23CaN7O6PS-. The van der Waals surface area contributed by atoms with E-state index in [-0.39, 0.29) is 55.8 Å². The van der Waals surface area contributed by atoms with Crippen molar-refractivity contribution in [1.29, 1.82) is 0 Å². The zero-order chi connectivity index (χ0) is 26.4. The minimum absolute atomic E-state index is 0. The first kappa shape index (κ1) is 30.5. The van der Waals surface area contributed by atoms with Crippen LogP contribution in [0.15, 0.2) is 48.4 Å². The van der Waals surface area contributed by atoms with Gasteiger partial charge in [0, 0.05) is 43.3 Å². The molecule has 4 aromatic rings. The maximum absolute atomic E-state index is 12.9. The van der Waals surface area contributed by atoms with Crippen molar-refractivity contribution >= 4 is 68.5 Å². The van der Waals surface area contributed by atoms with Crippen LogP contribution in [0.2, 0.25) is 0 Å². The maximum atomic E-state index is 12.9. The van der Waals surface area contributed by atoms with Crippen molar-refractivity contribution in [3.05, 3.63) is 54.1 Å². The van der Waals surface area contributed by atoms with Gasteiger partial charge in [0.1, 0.15) is 16.4 Å². The van der Waals surface area contributed by atoms with Crippen molar-refractivity contribution in [2.45, 2.75) is 31.9 Å². The molecule has 0 aliphatic heterocycles. The van der Waals surface area contributed by atoms with E-state index in [9.17, 15) is 19.1 Å². The number of anilines is 1. The van der Waals surface area contributed by atoms with Crippen LogP contribution in [0, 0.1) is 0 Å². The molecule has 1 amide bonds. The Bertz CT molecular complexity index is 1360. The van der Waals surface area contributed by atoms with Crippen LogP contribution in [-0.2, 0) is 13.8 Å². The number of rotatable bonds is 8. The van der Waals surface area contributed by atoms with Crippen LogP contribution in [0.1, 0.15) is 36.3 Å². The first-order valence-electron chi connectivity index (χ1n) is 11.2. The van der Waals surface area contributed by atoms with Crippen molar-refractivity contribution < 1.29 is 28.4 Å². The number of nitrogens with zero attached hydrogens (tertiary/aromatic N) is 6. The molecule has 1 aliphatic carbocycles. The summed E-state index contributed by atoms with van der Waals surface area (Å²) in [6, 6.07) is 5.87. The molecular weight excluding hydrogens is 561 g/mol. The van der Waals surface area contributed by atoms with Gasteiger partial charge in [-0.2, -0.15) is 5.10 Å². The number of hydrogen-bond donors (Lipinski definition) is 1. The van der Waals surface area contributed by atoms with Crippen LogP contribution in [0.5, 0.6) is 0 Å². The third kappa shape index (κ3) is 8.01. The normalized spacial score (nSPS) is 16.5. The van der Waals surface area contributed by atoms with Crippen LogP contribution in [0.25, 0.3) is 22.0 Å². The summed E-state index contributed by atoms with van der Waals surface area (Å²) in [6.45, 7) is 2.71. The summed E-state index contributed by atoms with van der Waals surface area (Å²) in [7, 11) is -3.83. The molecule has 16 heteroatoms. The number of pyridine rings is 1. The molecule has 13 nitrogen and oxygen atoms in total. The number of carbonyl (C=O) groups is 1. The summed E-state index contributed by atoms with van der Waals surface area (Å²) in [6.07, 6.45) is 8.90. The predicted octanol–water partition coefficient (Wildman–Crippen LogP) is 1.49. The van der Waals surface area contributed by atoms with E-state index in [2.05, 4.69) is 30.0 Å². The van der Waals surface area contributed by atoms with Crippen molar-refractivity contribution in [3.63, 3.8) is 0 Å². The number of phosphoric acid groups is 1. The Balaban J connectivity index is 0.000000516. The fourth-order valence-corrected chi connectivity index (χ4v) is 4.30. The molecule has 4 heterocycles. The van der Waals surface area contributed by atoms with E-state index in [1.165, 1.54) is 11.3 Å². The van der Waals surface area contributed by atoms with Gasteiger partial charge >= 0.3 is 37.7 Å². The number of thiazole rings is 1. The van der Waals surface area contributed by atoms with E-state index in [1.807, 2.05) is 36.0 Å². The van der Waals surface area contributed by atoms with Gasteiger partial charge in [-0.05, 0) is 31.9 Å². The van der Waals surface area contributed by atoms with E-state index in [4.69, 9.17) is 9.84 Å². The Kier molecular flexibility index (Phi) is 11.2. The number of hydrogen-bond acceptors (Lipinski definition) is 11. The molecule has 0 saturated heterocycles. The van der Waals surface area contributed by atoms with Crippen LogP contribution in [0.3, 0.4) is 0 Å². The molecule has 196 valence electrons. The summed E-state index contributed by atoms with van der Waals surface area (Å²) < 4.78 is 20.2. The number of ether oxygens (including phenoxy) is 1. The molecule has 0 aromatic carbocycles. The van der Waals surface area contributed by atoms with Gasteiger partial charge in [-0.1, -0.05) is 6.07 Å². The van der Waals surface area contributed by atoms with Gasteiger partial charge in [-0.25, -0.2) is 4.98 Å². The zero-order valence-electron chi connectivity index (χ0n) is 20.6. The number of nitrogens with one attached hydrogen (secondary N) is 1. The Morgan fingerprint density at radius 3 is 2.71 bits per heavy atom. The van der Waals surface area contributed by atoms with Crippen LogP contribution < -0.4 is 20.2 Å². The molecule has 1 saturated carbocycles. The number of amides is 1.